The molecule has 2 aromatic rings. The molecule has 2 heterocycles. The van der Waals surface area contributed by atoms with Gasteiger partial charge in [-0.25, -0.2) is 0 Å². The molecule has 7 nitrogen and oxygen atoms in total. The minimum absolute atomic E-state index is 0.103. The van der Waals surface area contributed by atoms with Crippen LogP contribution < -0.4 is 19.7 Å². The van der Waals surface area contributed by atoms with Crippen molar-refractivity contribution in [2.45, 2.75) is 12.5 Å². The molecule has 122 valence electrons. The summed E-state index contributed by atoms with van der Waals surface area (Å²) >= 11 is 0. The second kappa shape index (κ2) is 6.60. The van der Waals surface area contributed by atoms with E-state index in [1.807, 2.05) is 18.2 Å². The van der Waals surface area contributed by atoms with Crippen molar-refractivity contribution in [3.63, 3.8) is 0 Å². The molecular formula is C16H20N4O3. The summed E-state index contributed by atoms with van der Waals surface area (Å²) in [6.07, 6.45) is 4.01. The Morgan fingerprint density at radius 1 is 1.30 bits per heavy atom. The van der Waals surface area contributed by atoms with Gasteiger partial charge in [0.2, 0.25) is 0 Å². The average molecular weight is 316 g/mol. The highest BCUT2D eigenvalue weighted by Gasteiger charge is 2.25. The maximum Gasteiger partial charge on any atom is 0.254 e. The van der Waals surface area contributed by atoms with Gasteiger partial charge in [0.15, 0.2) is 0 Å². The van der Waals surface area contributed by atoms with E-state index < -0.39 is 0 Å². The molecule has 0 radical (unpaired) electrons. The summed E-state index contributed by atoms with van der Waals surface area (Å²) in [6.45, 7) is 1.62. The largest absolute Gasteiger partial charge is 0.497 e. The van der Waals surface area contributed by atoms with Crippen LogP contribution in [-0.2, 0) is 0 Å². The molecule has 1 aliphatic rings. The van der Waals surface area contributed by atoms with Gasteiger partial charge in [0.05, 0.1) is 26.0 Å². The highest BCUT2D eigenvalue weighted by Crippen LogP contribution is 2.30. The van der Waals surface area contributed by atoms with Gasteiger partial charge in [-0.2, -0.15) is 5.10 Å². The number of H-pyrrole nitrogens is 1. The van der Waals surface area contributed by atoms with Crippen molar-refractivity contribution in [3.8, 4) is 11.5 Å². The molecule has 1 atom stereocenters. The molecule has 0 bridgehead atoms. The lowest BCUT2D eigenvalue weighted by Crippen LogP contribution is -2.36. The van der Waals surface area contributed by atoms with Gasteiger partial charge in [0, 0.05) is 49.2 Å². The molecule has 0 aliphatic carbocycles. The van der Waals surface area contributed by atoms with Crippen molar-refractivity contribution in [3.05, 3.63) is 36.2 Å². The van der Waals surface area contributed by atoms with Gasteiger partial charge in [-0.3, -0.25) is 9.89 Å². The average Bonchev–Trinajstić information content (AvgIpc) is 3.26. The van der Waals surface area contributed by atoms with Gasteiger partial charge in [-0.15, -0.1) is 0 Å². The summed E-state index contributed by atoms with van der Waals surface area (Å²) in [5, 5.41) is 9.48. The van der Waals surface area contributed by atoms with E-state index in [9.17, 15) is 4.79 Å². The fourth-order valence-corrected chi connectivity index (χ4v) is 2.73. The molecule has 1 aromatic heterocycles. The summed E-state index contributed by atoms with van der Waals surface area (Å²) < 4.78 is 10.6. The number of benzene rings is 1. The number of methoxy groups -OCH3 is 2. The number of amides is 1. The number of carbonyl (C=O) groups is 1. The van der Waals surface area contributed by atoms with Crippen LogP contribution in [-0.4, -0.2) is 49.5 Å². The standard InChI is InChI=1S/C16H20N4O3/c1-22-14-5-13(6-15(7-14)23-2)20-4-3-12(10-20)19-16(21)11-8-17-18-9-11/h5-9,12H,3-4,10H2,1-2H3,(H,17,18)(H,19,21). The Bertz CT molecular complexity index is 650. The number of carbonyl (C=O) groups excluding carboxylic acids is 1. The second-order valence-electron chi connectivity index (χ2n) is 5.46. The molecule has 1 saturated heterocycles. The fourth-order valence-electron chi connectivity index (χ4n) is 2.73. The molecule has 1 fully saturated rings. The Labute approximate surface area is 134 Å². The lowest BCUT2D eigenvalue weighted by molar-refractivity contribution is 0.0940. The molecule has 1 aromatic carbocycles. The molecule has 1 unspecified atom stereocenters. The van der Waals surface area contributed by atoms with Gasteiger partial charge in [-0.1, -0.05) is 0 Å². The third-order valence-electron chi connectivity index (χ3n) is 3.99. The highest BCUT2D eigenvalue weighted by atomic mass is 16.5. The van der Waals surface area contributed by atoms with E-state index in [-0.39, 0.29) is 11.9 Å². The Balaban J connectivity index is 1.66. The first-order chi connectivity index (χ1) is 11.2. The first-order valence-electron chi connectivity index (χ1n) is 7.47. The zero-order chi connectivity index (χ0) is 16.2. The maximum atomic E-state index is 12.1. The number of aromatic amines is 1. The quantitative estimate of drug-likeness (QED) is 0.872. The third-order valence-corrected chi connectivity index (χ3v) is 3.99. The summed E-state index contributed by atoms with van der Waals surface area (Å²) in [6, 6.07) is 5.90. The number of rotatable bonds is 5. The van der Waals surface area contributed by atoms with E-state index >= 15 is 0 Å². The summed E-state index contributed by atoms with van der Waals surface area (Å²) in [5.74, 6) is 1.41. The smallest absolute Gasteiger partial charge is 0.254 e. The Morgan fingerprint density at radius 3 is 2.65 bits per heavy atom. The molecule has 23 heavy (non-hydrogen) atoms. The maximum absolute atomic E-state index is 12.1. The van der Waals surface area contributed by atoms with Crippen LogP contribution in [0.3, 0.4) is 0 Å². The Morgan fingerprint density at radius 2 is 2.04 bits per heavy atom. The molecular weight excluding hydrogens is 296 g/mol. The lowest BCUT2D eigenvalue weighted by Gasteiger charge is -2.20. The number of hydrogen-bond donors (Lipinski definition) is 2. The van der Waals surface area contributed by atoms with Gasteiger partial charge >= 0.3 is 0 Å². The van der Waals surface area contributed by atoms with Gasteiger partial charge in [-0.05, 0) is 6.42 Å². The van der Waals surface area contributed by atoms with Gasteiger partial charge in [0.1, 0.15) is 11.5 Å². The van der Waals surface area contributed by atoms with Crippen molar-refractivity contribution < 1.29 is 14.3 Å². The normalized spacial score (nSPS) is 17.1. The summed E-state index contributed by atoms with van der Waals surface area (Å²) in [5.41, 5.74) is 1.58. The number of aromatic nitrogens is 2. The number of ether oxygens (including phenoxy) is 2. The van der Waals surface area contributed by atoms with E-state index in [1.54, 1.807) is 20.4 Å². The van der Waals surface area contributed by atoms with E-state index in [1.165, 1.54) is 6.20 Å². The van der Waals surface area contributed by atoms with Crippen LogP contribution in [0.2, 0.25) is 0 Å². The van der Waals surface area contributed by atoms with Gasteiger partial charge in [0.25, 0.3) is 5.91 Å². The predicted molar refractivity (Wildman–Crippen MR) is 86.2 cm³/mol. The topological polar surface area (TPSA) is 79.5 Å². The fraction of sp³-hybridized carbons (Fsp3) is 0.375. The first kappa shape index (κ1) is 15.2. The summed E-state index contributed by atoms with van der Waals surface area (Å²) in [7, 11) is 3.27. The molecule has 7 heteroatoms. The zero-order valence-electron chi connectivity index (χ0n) is 13.2. The third kappa shape index (κ3) is 3.39. The van der Waals surface area contributed by atoms with Crippen LogP contribution in [0.15, 0.2) is 30.6 Å². The molecule has 0 saturated carbocycles. The van der Waals surface area contributed by atoms with Crippen LogP contribution >= 0.6 is 0 Å². The minimum atomic E-state index is -0.103. The van der Waals surface area contributed by atoms with Crippen LogP contribution in [0.25, 0.3) is 0 Å². The van der Waals surface area contributed by atoms with E-state index in [2.05, 4.69) is 20.4 Å². The molecule has 1 amide bonds. The molecule has 0 spiro atoms. The van der Waals surface area contributed by atoms with Crippen LogP contribution in [0.1, 0.15) is 16.8 Å². The summed E-state index contributed by atoms with van der Waals surface area (Å²) in [4.78, 5) is 14.3. The molecule has 1 aliphatic heterocycles. The van der Waals surface area contributed by atoms with Crippen LogP contribution in [0, 0.1) is 0 Å². The van der Waals surface area contributed by atoms with Crippen molar-refractivity contribution >= 4 is 11.6 Å². The van der Waals surface area contributed by atoms with Crippen molar-refractivity contribution in [2.24, 2.45) is 0 Å². The number of hydrogen-bond acceptors (Lipinski definition) is 5. The first-order valence-corrected chi connectivity index (χ1v) is 7.47. The van der Waals surface area contributed by atoms with Crippen LogP contribution in [0.5, 0.6) is 11.5 Å². The Hall–Kier alpha value is -2.70. The van der Waals surface area contributed by atoms with E-state index in [0.29, 0.717) is 5.56 Å². The number of nitrogens with zero attached hydrogens (tertiary/aromatic N) is 2. The molecule has 2 N–H and O–H groups in total. The number of nitrogens with one attached hydrogen (secondary N) is 2. The van der Waals surface area contributed by atoms with Gasteiger partial charge < -0.3 is 19.7 Å². The van der Waals surface area contributed by atoms with E-state index in [0.717, 1.165) is 36.7 Å². The lowest BCUT2D eigenvalue weighted by atomic mass is 10.2. The SMILES string of the molecule is COc1cc(OC)cc(N2CCC(NC(=O)c3cn[nH]c3)C2)c1. The van der Waals surface area contributed by atoms with Crippen LogP contribution in [0.4, 0.5) is 5.69 Å². The van der Waals surface area contributed by atoms with Crippen molar-refractivity contribution in [2.75, 3.05) is 32.2 Å². The van der Waals surface area contributed by atoms with Crippen molar-refractivity contribution in [1.82, 2.24) is 15.5 Å². The predicted octanol–water partition coefficient (Wildman–Crippen LogP) is 1.44. The highest BCUT2D eigenvalue weighted by molar-refractivity contribution is 5.93. The Kier molecular flexibility index (Phi) is 4.36. The monoisotopic (exact) mass is 316 g/mol. The van der Waals surface area contributed by atoms with E-state index in [4.69, 9.17) is 9.47 Å². The molecule has 3 rings (SSSR count). The zero-order valence-corrected chi connectivity index (χ0v) is 13.2. The minimum Gasteiger partial charge on any atom is -0.497 e. The second-order valence-corrected chi connectivity index (χ2v) is 5.46. The van der Waals surface area contributed by atoms with Crippen molar-refractivity contribution in [1.29, 1.82) is 0 Å². The number of anilines is 1.